The van der Waals surface area contributed by atoms with Gasteiger partial charge in [0, 0.05) is 22.4 Å². The van der Waals surface area contributed by atoms with E-state index in [0.29, 0.717) is 10.9 Å². The summed E-state index contributed by atoms with van der Waals surface area (Å²) in [6.45, 7) is 3.23. The molecule has 0 bridgehead atoms. The zero-order valence-electron chi connectivity index (χ0n) is 12.3. The van der Waals surface area contributed by atoms with E-state index in [1.165, 1.54) is 17.0 Å². The highest BCUT2D eigenvalue weighted by atomic mass is 32.2. The Hall–Kier alpha value is -2.01. The maximum absolute atomic E-state index is 13.2. The van der Waals surface area contributed by atoms with Gasteiger partial charge < -0.3 is 10.2 Å². The van der Waals surface area contributed by atoms with Gasteiger partial charge in [0.05, 0.1) is 12.2 Å². The molecular weight excluding hydrogens is 299 g/mol. The predicted octanol–water partition coefficient (Wildman–Crippen LogP) is 3.77. The molecule has 1 aliphatic rings. The summed E-state index contributed by atoms with van der Waals surface area (Å²) in [5.41, 5.74) is 1.57. The number of halogens is 1. The highest BCUT2D eigenvalue weighted by molar-refractivity contribution is 8.00. The first-order valence-electron chi connectivity index (χ1n) is 7.18. The number of para-hydroxylation sites is 1. The summed E-state index contributed by atoms with van der Waals surface area (Å²) in [6, 6.07) is 14.0. The maximum Gasteiger partial charge on any atom is 0.243 e. The number of nitrogens with one attached hydrogen (secondary N) is 1. The number of nitrogens with zero attached hydrogens (tertiary/aromatic N) is 1. The molecule has 0 saturated carbocycles. The molecule has 0 fully saturated rings. The number of hydrogen-bond donors (Lipinski definition) is 1. The summed E-state index contributed by atoms with van der Waals surface area (Å²) in [6.07, 6.45) is 0. The molecule has 22 heavy (non-hydrogen) atoms. The minimum absolute atomic E-state index is 0.139. The number of rotatable bonds is 3. The number of thioether (sulfide) groups is 1. The SMILES string of the molecule is CC1CN(CC(=O)Nc2cccc(F)c2)c2ccccc2S1. The summed E-state index contributed by atoms with van der Waals surface area (Å²) in [4.78, 5) is 15.5. The molecule has 1 atom stereocenters. The molecule has 1 N–H and O–H groups in total. The van der Waals surface area contributed by atoms with Crippen molar-refractivity contribution in [3.63, 3.8) is 0 Å². The average Bonchev–Trinajstić information content (AvgIpc) is 2.47. The molecule has 1 amide bonds. The summed E-state index contributed by atoms with van der Waals surface area (Å²) in [5.74, 6) is -0.495. The fraction of sp³-hybridized carbons (Fsp3) is 0.235. The standard InChI is InChI=1S/C17H17FN2OS/c1-12-10-20(15-7-2-3-8-16(15)22-12)11-17(21)19-14-6-4-5-13(18)9-14/h2-9,12H,10-11H2,1H3,(H,19,21). The van der Waals surface area contributed by atoms with Crippen LogP contribution < -0.4 is 10.2 Å². The first kappa shape index (κ1) is 14.9. The second-order valence-corrected chi connectivity index (χ2v) is 6.82. The van der Waals surface area contributed by atoms with Crippen molar-refractivity contribution in [3.05, 3.63) is 54.3 Å². The van der Waals surface area contributed by atoms with Crippen LogP contribution >= 0.6 is 11.8 Å². The summed E-state index contributed by atoms with van der Waals surface area (Å²) in [7, 11) is 0. The van der Waals surface area contributed by atoms with Crippen molar-refractivity contribution in [2.75, 3.05) is 23.3 Å². The summed E-state index contributed by atoms with van der Waals surface area (Å²) < 4.78 is 13.2. The van der Waals surface area contributed by atoms with Gasteiger partial charge in [-0.3, -0.25) is 4.79 Å². The Kier molecular flexibility index (Phi) is 4.34. The molecule has 0 spiro atoms. The minimum atomic E-state index is -0.355. The van der Waals surface area contributed by atoms with Crippen molar-refractivity contribution in [1.29, 1.82) is 0 Å². The molecule has 3 nitrogen and oxygen atoms in total. The number of fused-ring (bicyclic) bond motifs is 1. The number of amides is 1. The summed E-state index contributed by atoms with van der Waals surface area (Å²) >= 11 is 1.83. The third kappa shape index (κ3) is 3.42. The zero-order chi connectivity index (χ0) is 15.5. The highest BCUT2D eigenvalue weighted by Crippen LogP contribution is 2.37. The zero-order valence-corrected chi connectivity index (χ0v) is 13.1. The molecule has 2 aromatic rings. The van der Waals surface area contributed by atoms with Gasteiger partial charge in [0.2, 0.25) is 5.91 Å². The van der Waals surface area contributed by atoms with Gasteiger partial charge in [-0.2, -0.15) is 0 Å². The van der Waals surface area contributed by atoms with E-state index in [9.17, 15) is 9.18 Å². The molecule has 114 valence electrons. The minimum Gasteiger partial charge on any atom is -0.360 e. The number of benzene rings is 2. The van der Waals surface area contributed by atoms with Crippen molar-refractivity contribution >= 4 is 29.0 Å². The lowest BCUT2D eigenvalue weighted by molar-refractivity contribution is -0.115. The van der Waals surface area contributed by atoms with E-state index < -0.39 is 0 Å². The van der Waals surface area contributed by atoms with Crippen LogP contribution in [-0.2, 0) is 4.79 Å². The molecule has 0 saturated heterocycles. The van der Waals surface area contributed by atoms with E-state index in [-0.39, 0.29) is 18.3 Å². The Bertz CT molecular complexity index is 692. The summed E-state index contributed by atoms with van der Waals surface area (Å²) in [5, 5.41) is 3.18. The van der Waals surface area contributed by atoms with Gasteiger partial charge in [-0.25, -0.2) is 4.39 Å². The van der Waals surface area contributed by atoms with Crippen LogP contribution in [0.4, 0.5) is 15.8 Å². The lowest BCUT2D eigenvalue weighted by atomic mass is 10.2. The van der Waals surface area contributed by atoms with Crippen LogP contribution in [0.15, 0.2) is 53.4 Å². The third-order valence-electron chi connectivity index (χ3n) is 3.45. The highest BCUT2D eigenvalue weighted by Gasteiger charge is 2.23. The van der Waals surface area contributed by atoms with Crippen molar-refractivity contribution in [1.82, 2.24) is 0 Å². The number of carbonyl (C=O) groups is 1. The Morgan fingerprint density at radius 2 is 2.14 bits per heavy atom. The molecule has 1 unspecified atom stereocenters. The fourth-order valence-electron chi connectivity index (χ4n) is 2.57. The molecule has 3 rings (SSSR count). The van der Waals surface area contributed by atoms with Crippen LogP contribution in [0.25, 0.3) is 0 Å². The van der Waals surface area contributed by atoms with Crippen molar-refractivity contribution in [2.24, 2.45) is 0 Å². The Morgan fingerprint density at radius 1 is 1.32 bits per heavy atom. The molecular formula is C17H17FN2OS. The molecule has 5 heteroatoms. The first-order valence-corrected chi connectivity index (χ1v) is 8.06. The molecule has 0 aliphatic carbocycles. The molecule has 0 radical (unpaired) electrons. The number of hydrogen-bond acceptors (Lipinski definition) is 3. The van der Waals surface area contributed by atoms with Crippen LogP contribution in [0.3, 0.4) is 0 Å². The lowest BCUT2D eigenvalue weighted by Gasteiger charge is -2.33. The van der Waals surface area contributed by atoms with Crippen molar-refractivity contribution < 1.29 is 9.18 Å². The first-order chi connectivity index (χ1) is 10.6. The maximum atomic E-state index is 13.2. The van der Waals surface area contributed by atoms with Crippen LogP contribution in [0, 0.1) is 5.82 Å². The quantitative estimate of drug-likeness (QED) is 0.935. The van der Waals surface area contributed by atoms with E-state index in [0.717, 1.165) is 12.2 Å². The average molecular weight is 316 g/mol. The van der Waals surface area contributed by atoms with E-state index in [1.54, 1.807) is 12.1 Å². The van der Waals surface area contributed by atoms with Crippen molar-refractivity contribution in [2.45, 2.75) is 17.1 Å². The lowest BCUT2D eigenvalue weighted by Crippen LogP contribution is -2.39. The van der Waals surface area contributed by atoms with Gasteiger partial charge in [-0.15, -0.1) is 11.8 Å². The van der Waals surface area contributed by atoms with E-state index in [4.69, 9.17) is 0 Å². The van der Waals surface area contributed by atoms with Crippen LogP contribution in [-0.4, -0.2) is 24.2 Å². The molecule has 0 aromatic heterocycles. The smallest absolute Gasteiger partial charge is 0.243 e. The van der Waals surface area contributed by atoms with Gasteiger partial charge in [0.25, 0.3) is 0 Å². The van der Waals surface area contributed by atoms with Gasteiger partial charge in [0.15, 0.2) is 0 Å². The van der Waals surface area contributed by atoms with Crippen LogP contribution in [0.2, 0.25) is 0 Å². The molecule has 1 aliphatic heterocycles. The number of anilines is 2. The van der Waals surface area contributed by atoms with Gasteiger partial charge in [-0.05, 0) is 30.3 Å². The fourth-order valence-corrected chi connectivity index (χ4v) is 3.73. The van der Waals surface area contributed by atoms with Gasteiger partial charge in [-0.1, -0.05) is 25.1 Å². The normalized spacial score (nSPS) is 17.0. The predicted molar refractivity (Wildman–Crippen MR) is 89.0 cm³/mol. The third-order valence-corrected chi connectivity index (χ3v) is 4.61. The van der Waals surface area contributed by atoms with Crippen LogP contribution in [0.1, 0.15) is 6.92 Å². The monoisotopic (exact) mass is 316 g/mol. The van der Waals surface area contributed by atoms with E-state index in [1.807, 2.05) is 30.0 Å². The van der Waals surface area contributed by atoms with E-state index >= 15 is 0 Å². The second-order valence-electron chi connectivity index (χ2n) is 5.34. The Balaban J connectivity index is 1.71. The topological polar surface area (TPSA) is 32.3 Å². The second kappa shape index (κ2) is 6.40. The van der Waals surface area contributed by atoms with Crippen LogP contribution in [0.5, 0.6) is 0 Å². The van der Waals surface area contributed by atoms with Crippen molar-refractivity contribution in [3.8, 4) is 0 Å². The molecule has 2 aromatic carbocycles. The largest absolute Gasteiger partial charge is 0.360 e. The molecule has 1 heterocycles. The number of carbonyl (C=O) groups excluding carboxylic acids is 1. The van der Waals surface area contributed by atoms with Gasteiger partial charge >= 0.3 is 0 Å². The Morgan fingerprint density at radius 3 is 2.95 bits per heavy atom. The Labute approximate surface area is 133 Å². The van der Waals surface area contributed by atoms with Gasteiger partial charge in [0.1, 0.15) is 5.82 Å². The van der Waals surface area contributed by atoms with E-state index in [2.05, 4.69) is 23.2 Å².